The summed E-state index contributed by atoms with van der Waals surface area (Å²) < 4.78 is 12.0. The SMILES string of the molecule is CC(CN)CC(CF)C(=O)O. The van der Waals surface area contributed by atoms with Gasteiger partial charge in [-0.05, 0) is 18.9 Å². The Morgan fingerprint density at radius 2 is 2.27 bits per heavy atom. The van der Waals surface area contributed by atoms with Gasteiger partial charge in [-0.25, -0.2) is 0 Å². The molecule has 4 heteroatoms. The number of halogens is 1. The van der Waals surface area contributed by atoms with Gasteiger partial charge < -0.3 is 10.8 Å². The minimum Gasteiger partial charge on any atom is -0.481 e. The minimum absolute atomic E-state index is 0.0758. The van der Waals surface area contributed by atoms with Crippen molar-refractivity contribution in [3.05, 3.63) is 0 Å². The van der Waals surface area contributed by atoms with Crippen LogP contribution >= 0.6 is 0 Å². The lowest BCUT2D eigenvalue weighted by Crippen LogP contribution is -2.22. The Bertz CT molecular complexity index is 130. The van der Waals surface area contributed by atoms with Gasteiger partial charge in [-0.15, -0.1) is 0 Å². The third-order valence-corrected chi connectivity index (χ3v) is 1.62. The molecule has 0 saturated heterocycles. The van der Waals surface area contributed by atoms with Crippen molar-refractivity contribution in [1.29, 1.82) is 0 Å². The van der Waals surface area contributed by atoms with Crippen LogP contribution < -0.4 is 5.73 Å². The van der Waals surface area contributed by atoms with Crippen molar-refractivity contribution in [2.45, 2.75) is 13.3 Å². The molecular formula is C7H14FNO2. The molecule has 0 amide bonds. The first-order chi connectivity index (χ1) is 5.11. The zero-order chi connectivity index (χ0) is 8.85. The number of rotatable bonds is 5. The lowest BCUT2D eigenvalue weighted by molar-refractivity contribution is -0.142. The lowest BCUT2D eigenvalue weighted by atomic mass is 9.97. The van der Waals surface area contributed by atoms with Crippen molar-refractivity contribution in [2.75, 3.05) is 13.2 Å². The first-order valence-electron chi connectivity index (χ1n) is 3.60. The zero-order valence-electron chi connectivity index (χ0n) is 6.59. The Balaban J connectivity index is 3.77. The Morgan fingerprint density at radius 3 is 2.55 bits per heavy atom. The summed E-state index contributed by atoms with van der Waals surface area (Å²) in [7, 11) is 0. The molecule has 0 heterocycles. The fourth-order valence-corrected chi connectivity index (χ4v) is 0.812. The molecule has 2 atom stereocenters. The van der Waals surface area contributed by atoms with E-state index in [1.165, 1.54) is 0 Å². The molecule has 0 aromatic carbocycles. The van der Waals surface area contributed by atoms with Crippen LogP contribution in [0.5, 0.6) is 0 Å². The van der Waals surface area contributed by atoms with E-state index in [1.54, 1.807) is 0 Å². The van der Waals surface area contributed by atoms with Crippen molar-refractivity contribution in [3.63, 3.8) is 0 Å². The highest BCUT2D eigenvalue weighted by Crippen LogP contribution is 2.11. The average molecular weight is 163 g/mol. The molecule has 0 aromatic rings. The molecule has 11 heavy (non-hydrogen) atoms. The summed E-state index contributed by atoms with van der Waals surface area (Å²) in [4.78, 5) is 10.3. The molecule has 0 aliphatic rings. The fourth-order valence-electron chi connectivity index (χ4n) is 0.812. The topological polar surface area (TPSA) is 63.3 Å². The summed E-state index contributed by atoms with van der Waals surface area (Å²) in [5.74, 6) is -1.88. The van der Waals surface area contributed by atoms with Crippen LogP contribution in [-0.4, -0.2) is 24.3 Å². The van der Waals surface area contributed by atoms with E-state index < -0.39 is 18.6 Å². The molecule has 0 bridgehead atoms. The van der Waals surface area contributed by atoms with Gasteiger partial charge in [0.25, 0.3) is 0 Å². The van der Waals surface area contributed by atoms with Crippen LogP contribution in [0.15, 0.2) is 0 Å². The summed E-state index contributed by atoms with van der Waals surface area (Å²) in [6.07, 6.45) is 0.322. The van der Waals surface area contributed by atoms with Crippen molar-refractivity contribution >= 4 is 5.97 Å². The van der Waals surface area contributed by atoms with Gasteiger partial charge in [0.1, 0.15) is 6.67 Å². The number of nitrogens with two attached hydrogens (primary N) is 1. The Hall–Kier alpha value is -0.640. The van der Waals surface area contributed by atoms with Crippen LogP contribution in [-0.2, 0) is 4.79 Å². The summed E-state index contributed by atoms with van der Waals surface area (Å²) in [5.41, 5.74) is 5.26. The van der Waals surface area contributed by atoms with Crippen LogP contribution in [0.4, 0.5) is 4.39 Å². The maximum absolute atomic E-state index is 12.0. The fraction of sp³-hybridized carbons (Fsp3) is 0.857. The first-order valence-corrected chi connectivity index (χ1v) is 3.60. The van der Waals surface area contributed by atoms with Crippen LogP contribution in [0.2, 0.25) is 0 Å². The number of alkyl halides is 1. The van der Waals surface area contributed by atoms with Crippen LogP contribution in [0, 0.1) is 11.8 Å². The third-order valence-electron chi connectivity index (χ3n) is 1.62. The van der Waals surface area contributed by atoms with E-state index in [2.05, 4.69) is 0 Å². The largest absolute Gasteiger partial charge is 0.481 e. The van der Waals surface area contributed by atoms with Crippen molar-refractivity contribution in [2.24, 2.45) is 17.6 Å². The van der Waals surface area contributed by atoms with Crippen LogP contribution in [0.25, 0.3) is 0 Å². The van der Waals surface area contributed by atoms with Crippen molar-refractivity contribution < 1.29 is 14.3 Å². The monoisotopic (exact) mass is 163 g/mol. The van der Waals surface area contributed by atoms with Gasteiger partial charge in [-0.3, -0.25) is 9.18 Å². The average Bonchev–Trinajstić information content (AvgIpc) is 1.99. The highest BCUT2D eigenvalue weighted by molar-refractivity contribution is 5.70. The predicted octanol–water partition coefficient (Wildman–Crippen LogP) is 0.642. The van der Waals surface area contributed by atoms with E-state index in [-0.39, 0.29) is 5.92 Å². The second-order valence-corrected chi connectivity index (χ2v) is 2.77. The van der Waals surface area contributed by atoms with Gasteiger partial charge in [-0.2, -0.15) is 0 Å². The second-order valence-electron chi connectivity index (χ2n) is 2.77. The number of carboxylic acid groups (broad SMARTS) is 1. The van der Waals surface area contributed by atoms with Gasteiger partial charge >= 0.3 is 5.97 Å². The number of hydrogen-bond donors (Lipinski definition) is 2. The van der Waals surface area contributed by atoms with Gasteiger partial charge in [0, 0.05) is 0 Å². The number of hydrogen-bond acceptors (Lipinski definition) is 2. The first kappa shape index (κ1) is 10.4. The van der Waals surface area contributed by atoms with E-state index >= 15 is 0 Å². The van der Waals surface area contributed by atoms with E-state index in [4.69, 9.17) is 10.8 Å². The molecular weight excluding hydrogens is 149 g/mol. The standard InChI is InChI=1S/C7H14FNO2/c1-5(4-9)2-6(3-8)7(10)11/h5-6H,2-4,9H2,1H3,(H,10,11). The molecule has 66 valence electrons. The summed E-state index contributed by atoms with van der Waals surface area (Å²) in [6, 6.07) is 0. The summed E-state index contributed by atoms with van der Waals surface area (Å²) >= 11 is 0. The number of aliphatic carboxylic acids is 1. The van der Waals surface area contributed by atoms with E-state index in [1.807, 2.05) is 6.92 Å². The molecule has 0 aliphatic heterocycles. The Kier molecular flexibility index (Phi) is 4.77. The number of carbonyl (C=O) groups is 1. The molecule has 0 aliphatic carbocycles. The molecule has 2 unspecified atom stereocenters. The number of carboxylic acids is 1. The van der Waals surface area contributed by atoms with E-state index in [0.717, 1.165) is 0 Å². The van der Waals surface area contributed by atoms with E-state index in [0.29, 0.717) is 13.0 Å². The Morgan fingerprint density at radius 1 is 1.73 bits per heavy atom. The molecule has 0 fully saturated rings. The van der Waals surface area contributed by atoms with Crippen LogP contribution in [0.3, 0.4) is 0 Å². The molecule has 3 N–H and O–H groups in total. The quantitative estimate of drug-likeness (QED) is 0.625. The minimum atomic E-state index is -1.08. The highest BCUT2D eigenvalue weighted by Gasteiger charge is 2.19. The van der Waals surface area contributed by atoms with Crippen molar-refractivity contribution in [3.8, 4) is 0 Å². The molecule has 0 spiro atoms. The normalized spacial score (nSPS) is 15.9. The Labute approximate surface area is 65.4 Å². The van der Waals surface area contributed by atoms with Crippen molar-refractivity contribution in [1.82, 2.24) is 0 Å². The van der Waals surface area contributed by atoms with Gasteiger partial charge in [0.2, 0.25) is 0 Å². The van der Waals surface area contributed by atoms with Gasteiger partial charge in [0.05, 0.1) is 5.92 Å². The van der Waals surface area contributed by atoms with E-state index in [9.17, 15) is 9.18 Å². The van der Waals surface area contributed by atoms with Crippen LogP contribution in [0.1, 0.15) is 13.3 Å². The summed E-state index contributed by atoms with van der Waals surface area (Å²) in [6.45, 7) is 1.41. The molecule has 0 radical (unpaired) electrons. The smallest absolute Gasteiger partial charge is 0.309 e. The molecule has 3 nitrogen and oxygen atoms in total. The second kappa shape index (κ2) is 5.07. The molecule has 0 aromatic heterocycles. The molecule has 0 saturated carbocycles. The van der Waals surface area contributed by atoms with Gasteiger partial charge in [0.15, 0.2) is 0 Å². The highest BCUT2D eigenvalue weighted by atomic mass is 19.1. The lowest BCUT2D eigenvalue weighted by Gasteiger charge is -2.12. The zero-order valence-corrected chi connectivity index (χ0v) is 6.59. The summed E-state index contributed by atoms with van der Waals surface area (Å²) in [5, 5.41) is 8.44. The maximum atomic E-state index is 12.0. The third kappa shape index (κ3) is 3.93. The predicted molar refractivity (Wildman–Crippen MR) is 39.9 cm³/mol. The maximum Gasteiger partial charge on any atom is 0.309 e. The van der Waals surface area contributed by atoms with Gasteiger partial charge in [-0.1, -0.05) is 6.92 Å². The molecule has 0 rings (SSSR count).